The van der Waals surface area contributed by atoms with Crippen molar-refractivity contribution in [2.75, 3.05) is 5.32 Å². The standard InChI is InChI=1S/C18H14ClN3O3S/c1-11(26-17-9-6-12-4-2-3-5-15(12)20-17)18(23)21-16-8-7-13(22(24)25)10-14(16)19/h2-11H,1H3,(H,21,23). The van der Waals surface area contributed by atoms with Gasteiger partial charge < -0.3 is 5.32 Å². The van der Waals surface area contributed by atoms with Crippen LogP contribution in [0.15, 0.2) is 59.6 Å². The van der Waals surface area contributed by atoms with Crippen molar-refractivity contribution in [1.82, 2.24) is 4.98 Å². The van der Waals surface area contributed by atoms with Crippen LogP contribution in [0, 0.1) is 10.1 Å². The first-order valence-corrected chi connectivity index (χ1v) is 8.97. The molecule has 1 aromatic heterocycles. The van der Waals surface area contributed by atoms with Crippen molar-refractivity contribution in [3.05, 3.63) is 69.7 Å². The normalized spacial score (nSPS) is 11.9. The lowest BCUT2D eigenvalue weighted by molar-refractivity contribution is -0.384. The predicted octanol–water partition coefficient (Wildman–Crippen LogP) is 4.92. The number of aromatic nitrogens is 1. The van der Waals surface area contributed by atoms with E-state index < -0.39 is 10.2 Å². The van der Waals surface area contributed by atoms with Crippen LogP contribution in [-0.4, -0.2) is 21.1 Å². The van der Waals surface area contributed by atoms with Crippen molar-refractivity contribution in [2.24, 2.45) is 0 Å². The van der Waals surface area contributed by atoms with Crippen molar-refractivity contribution in [1.29, 1.82) is 0 Å². The number of fused-ring (bicyclic) bond motifs is 1. The van der Waals surface area contributed by atoms with Crippen LogP contribution in [-0.2, 0) is 4.79 Å². The smallest absolute Gasteiger partial charge is 0.271 e. The van der Waals surface area contributed by atoms with Crippen LogP contribution in [0.1, 0.15) is 6.92 Å². The number of nitrogens with one attached hydrogen (secondary N) is 1. The zero-order valence-corrected chi connectivity index (χ0v) is 15.3. The van der Waals surface area contributed by atoms with E-state index in [4.69, 9.17) is 11.6 Å². The van der Waals surface area contributed by atoms with Gasteiger partial charge in [-0.1, -0.05) is 47.6 Å². The summed E-state index contributed by atoms with van der Waals surface area (Å²) >= 11 is 7.33. The number of pyridine rings is 1. The molecule has 2 aromatic carbocycles. The molecule has 0 bridgehead atoms. The largest absolute Gasteiger partial charge is 0.324 e. The van der Waals surface area contributed by atoms with E-state index in [1.165, 1.54) is 30.0 Å². The summed E-state index contributed by atoms with van der Waals surface area (Å²) in [5.41, 5.74) is 1.07. The fraction of sp³-hybridized carbons (Fsp3) is 0.111. The average molecular weight is 388 g/mol. The molecule has 1 unspecified atom stereocenters. The predicted molar refractivity (Wildman–Crippen MR) is 104 cm³/mol. The van der Waals surface area contributed by atoms with Gasteiger partial charge in [0.15, 0.2) is 0 Å². The molecular weight excluding hydrogens is 374 g/mol. The summed E-state index contributed by atoms with van der Waals surface area (Å²) in [7, 11) is 0. The molecule has 0 radical (unpaired) electrons. The van der Waals surface area contributed by atoms with Gasteiger partial charge in [0, 0.05) is 17.5 Å². The third kappa shape index (κ3) is 4.12. The molecular formula is C18H14ClN3O3S. The average Bonchev–Trinajstić information content (AvgIpc) is 2.63. The summed E-state index contributed by atoms with van der Waals surface area (Å²) in [6, 6.07) is 15.5. The Morgan fingerprint density at radius 3 is 2.73 bits per heavy atom. The van der Waals surface area contributed by atoms with Crippen molar-refractivity contribution in [3.8, 4) is 0 Å². The highest BCUT2D eigenvalue weighted by Gasteiger charge is 2.18. The molecule has 1 heterocycles. The number of halogens is 1. The second-order valence-electron chi connectivity index (χ2n) is 5.51. The van der Waals surface area contributed by atoms with Crippen LogP contribution >= 0.6 is 23.4 Å². The number of hydrogen-bond donors (Lipinski definition) is 1. The molecule has 1 N–H and O–H groups in total. The molecule has 26 heavy (non-hydrogen) atoms. The molecule has 1 amide bonds. The topological polar surface area (TPSA) is 85.1 Å². The lowest BCUT2D eigenvalue weighted by Gasteiger charge is -2.12. The molecule has 0 saturated carbocycles. The fourth-order valence-corrected chi connectivity index (χ4v) is 3.35. The van der Waals surface area contributed by atoms with Crippen LogP contribution in [0.5, 0.6) is 0 Å². The molecule has 0 aliphatic heterocycles. The van der Waals surface area contributed by atoms with Crippen molar-refractivity contribution >= 4 is 51.5 Å². The molecule has 6 nitrogen and oxygen atoms in total. The number of thioether (sulfide) groups is 1. The Balaban J connectivity index is 1.70. The number of nitro benzene ring substituents is 1. The summed E-state index contributed by atoms with van der Waals surface area (Å²) in [5, 5.41) is 14.9. The molecule has 1 atom stereocenters. The van der Waals surface area contributed by atoms with Gasteiger partial charge in [-0.25, -0.2) is 4.98 Å². The van der Waals surface area contributed by atoms with Gasteiger partial charge >= 0.3 is 0 Å². The third-order valence-corrected chi connectivity index (χ3v) is 5.01. The van der Waals surface area contributed by atoms with Gasteiger partial charge in [-0.15, -0.1) is 0 Å². The van der Waals surface area contributed by atoms with Crippen LogP contribution in [0.4, 0.5) is 11.4 Å². The van der Waals surface area contributed by atoms with Crippen LogP contribution < -0.4 is 5.32 Å². The molecule has 8 heteroatoms. The Morgan fingerprint density at radius 1 is 1.23 bits per heavy atom. The van der Waals surface area contributed by atoms with E-state index in [9.17, 15) is 14.9 Å². The van der Waals surface area contributed by atoms with Crippen molar-refractivity contribution in [2.45, 2.75) is 17.2 Å². The zero-order valence-electron chi connectivity index (χ0n) is 13.7. The molecule has 0 aliphatic rings. The van der Waals surface area contributed by atoms with Crippen LogP contribution in [0.2, 0.25) is 5.02 Å². The number of benzene rings is 2. The van der Waals surface area contributed by atoms with E-state index in [0.717, 1.165) is 15.9 Å². The van der Waals surface area contributed by atoms with Gasteiger partial charge in [-0.3, -0.25) is 14.9 Å². The van der Waals surface area contributed by atoms with E-state index in [2.05, 4.69) is 10.3 Å². The third-order valence-electron chi connectivity index (χ3n) is 3.66. The van der Waals surface area contributed by atoms with E-state index in [1.807, 2.05) is 36.4 Å². The number of anilines is 1. The Morgan fingerprint density at radius 2 is 2.00 bits per heavy atom. The summed E-state index contributed by atoms with van der Waals surface area (Å²) < 4.78 is 0. The number of carbonyl (C=O) groups is 1. The lowest BCUT2D eigenvalue weighted by Crippen LogP contribution is -2.22. The SMILES string of the molecule is CC(Sc1ccc2ccccc2n1)C(=O)Nc1ccc([N+](=O)[O-])cc1Cl. The monoisotopic (exact) mass is 387 g/mol. The maximum atomic E-state index is 12.4. The second-order valence-corrected chi connectivity index (χ2v) is 7.28. The molecule has 3 rings (SSSR count). The summed E-state index contributed by atoms with van der Waals surface area (Å²) in [4.78, 5) is 27.1. The quantitative estimate of drug-likeness (QED) is 0.381. The first kappa shape index (κ1) is 18.2. The number of carbonyl (C=O) groups excluding carboxylic acids is 1. The Hall–Kier alpha value is -2.64. The zero-order chi connectivity index (χ0) is 18.7. The molecule has 132 valence electrons. The number of rotatable bonds is 5. The number of amides is 1. The van der Waals surface area contributed by atoms with Crippen LogP contribution in [0.25, 0.3) is 10.9 Å². The highest BCUT2D eigenvalue weighted by atomic mass is 35.5. The Labute approximate surface area is 158 Å². The number of non-ortho nitro benzene ring substituents is 1. The minimum absolute atomic E-state index is 0.119. The van der Waals surface area contributed by atoms with Crippen molar-refractivity contribution < 1.29 is 9.72 Å². The van der Waals surface area contributed by atoms with Gasteiger partial charge in [0.05, 0.1) is 31.4 Å². The van der Waals surface area contributed by atoms with E-state index in [0.29, 0.717) is 5.69 Å². The van der Waals surface area contributed by atoms with Gasteiger partial charge in [0.1, 0.15) is 0 Å². The Bertz CT molecular complexity index is 996. The van der Waals surface area contributed by atoms with E-state index in [1.54, 1.807) is 6.92 Å². The molecule has 0 fully saturated rings. The number of para-hydroxylation sites is 1. The molecule has 0 aliphatic carbocycles. The van der Waals surface area contributed by atoms with Gasteiger partial charge in [0.2, 0.25) is 5.91 Å². The first-order valence-electron chi connectivity index (χ1n) is 7.71. The molecule has 0 saturated heterocycles. The Kier molecular flexibility index (Phi) is 5.39. The maximum Gasteiger partial charge on any atom is 0.271 e. The van der Waals surface area contributed by atoms with Gasteiger partial charge in [-0.2, -0.15) is 0 Å². The van der Waals surface area contributed by atoms with Gasteiger partial charge in [-0.05, 0) is 25.1 Å². The molecule has 3 aromatic rings. The number of nitro groups is 1. The fourth-order valence-electron chi connectivity index (χ4n) is 2.30. The summed E-state index contributed by atoms with van der Waals surface area (Å²) in [5.74, 6) is -0.263. The number of hydrogen-bond acceptors (Lipinski definition) is 5. The number of nitrogens with zero attached hydrogens (tertiary/aromatic N) is 2. The van der Waals surface area contributed by atoms with E-state index in [-0.39, 0.29) is 16.6 Å². The summed E-state index contributed by atoms with van der Waals surface area (Å²) in [6.45, 7) is 1.76. The lowest BCUT2D eigenvalue weighted by atomic mass is 10.2. The van der Waals surface area contributed by atoms with Gasteiger partial charge in [0.25, 0.3) is 5.69 Å². The first-order chi connectivity index (χ1) is 12.4. The maximum absolute atomic E-state index is 12.4. The summed E-state index contributed by atoms with van der Waals surface area (Å²) in [6.07, 6.45) is 0. The minimum Gasteiger partial charge on any atom is -0.324 e. The second kappa shape index (κ2) is 7.72. The van der Waals surface area contributed by atoms with E-state index >= 15 is 0 Å². The minimum atomic E-state index is -0.540. The highest BCUT2D eigenvalue weighted by molar-refractivity contribution is 8.00. The highest BCUT2D eigenvalue weighted by Crippen LogP contribution is 2.29. The molecule has 0 spiro atoms. The van der Waals surface area contributed by atoms with Crippen molar-refractivity contribution in [3.63, 3.8) is 0 Å². The van der Waals surface area contributed by atoms with Crippen LogP contribution in [0.3, 0.4) is 0 Å².